The van der Waals surface area contributed by atoms with Crippen molar-refractivity contribution in [2.75, 3.05) is 0 Å². The molecule has 4 aromatic rings. The Morgan fingerprint density at radius 1 is 1.04 bits per heavy atom. The second-order valence-corrected chi connectivity index (χ2v) is 13.5. The minimum atomic E-state index is 0.269. The standard InChI is InChI=1S/C44H35NS/c1-4-11-39-42(5-2)46-44-36-22-20-31(24-34(36)27-45-43(39)44)29-13-10-14-30(19-18-29)32-21-23-38-37-17-8-6-7-16-35(37)33-15-9-12-28(3)40(26-33)41(38)25-32/h4-6,8-11,13-17,19-28,33H,2,12,18H2,1,3H3/b11-4-. The maximum atomic E-state index is 4.90. The minimum absolute atomic E-state index is 0.269. The van der Waals surface area contributed by atoms with Crippen molar-refractivity contribution in [2.24, 2.45) is 11.8 Å². The van der Waals surface area contributed by atoms with Crippen LogP contribution in [0.3, 0.4) is 0 Å². The van der Waals surface area contributed by atoms with Crippen LogP contribution in [0, 0.1) is 11.8 Å². The lowest BCUT2D eigenvalue weighted by Gasteiger charge is -2.19. The molecule has 4 aliphatic carbocycles. The third-order valence-electron chi connectivity index (χ3n) is 9.62. The fraction of sp³-hybridized carbons (Fsp3) is 0.136. The Kier molecular flexibility index (Phi) is 7.26. The summed E-state index contributed by atoms with van der Waals surface area (Å²) in [5, 5.41) is 2.42. The number of hydrogen-bond acceptors (Lipinski definition) is 2. The highest BCUT2D eigenvalue weighted by Gasteiger charge is 2.26. The van der Waals surface area contributed by atoms with Crippen LogP contribution in [0.5, 0.6) is 0 Å². The molecule has 2 atom stereocenters. The summed E-state index contributed by atoms with van der Waals surface area (Å²) >= 11 is 1.77. The maximum Gasteiger partial charge on any atom is 0.0894 e. The molecule has 2 aromatic carbocycles. The lowest BCUT2D eigenvalue weighted by atomic mass is 9.85. The van der Waals surface area contributed by atoms with Gasteiger partial charge in [0, 0.05) is 33.3 Å². The molecule has 2 unspecified atom stereocenters. The molecule has 0 aliphatic heterocycles. The predicted octanol–water partition coefficient (Wildman–Crippen LogP) is 12.2. The van der Waals surface area contributed by atoms with E-state index in [1.54, 1.807) is 11.3 Å². The van der Waals surface area contributed by atoms with Crippen LogP contribution in [0.15, 0.2) is 133 Å². The molecule has 1 nitrogen and oxygen atoms in total. The zero-order valence-electron chi connectivity index (χ0n) is 26.3. The van der Waals surface area contributed by atoms with Gasteiger partial charge in [-0.05, 0) is 100 Å². The molecule has 0 fully saturated rings. The maximum absolute atomic E-state index is 4.90. The second-order valence-electron chi connectivity index (χ2n) is 12.4. The first kappa shape index (κ1) is 28.5. The molecule has 2 heterocycles. The molecule has 0 radical (unpaired) electrons. The smallest absolute Gasteiger partial charge is 0.0894 e. The number of allylic oxidation sites excluding steroid dienone is 16. The van der Waals surface area contributed by atoms with Crippen molar-refractivity contribution in [3.8, 4) is 0 Å². The normalized spacial score (nSPS) is 20.2. The van der Waals surface area contributed by atoms with Gasteiger partial charge in [-0.15, -0.1) is 17.1 Å². The Balaban J connectivity index is 1.14. The summed E-state index contributed by atoms with van der Waals surface area (Å²) in [5.41, 5.74) is 17.4. The molecule has 2 bridgehead atoms. The largest absolute Gasteiger partial charge is 0.254 e. The van der Waals surface area contributed by atoms with E-state index in [-0.39, 0.29) is 5.92 Å². The summed E-state index contributed by atoms with van der Waals surface area (Å²) in [6.07, 6.45) is 35.0. The van der Waals surface area contributed by atoms with Gasteiger partial charge in [0.15, 0.2) is 0 Å². The molecule has 46 heavy (non-hydrogen) atoms. The van der Waals surface area contributed by atoms with Crippen LogP contribution in [-0.4, -0.2) is 4.98 Å². The SMILES string of the molecule is C=Cc1sc2c(ncc3cc(C4=CC=CC(c5ccc6c(c5)C5=CC(C=CCC5C)C5=C6C=CC=C=C5)=CC4)ccc32)c1/C=C\C. The van der Waals surface area contributed by atoms with Crippen LogP contribution in [0.25, 0.3) is 55.4 Å². The number of hydrogen-bond donors (Lipinski definition) is 0. The number of aromatic nitrogens is 1. The van der Waals surface area contributed by atoms with Gasteiger partial charge in [-0.2, -0.15) is 0 Å². The van der Waals surface area contributed by atoms with Crippen LogP contribution < -0.4 is 0 Å². The van der Waals surface area contributed by atoms with Gasteiger partial charge in [-0.3, -0.25) is 4.98 Å². The quantitative estimate of drug-likeness (QED) is 0.166. The van der Waals surface area contributed by atoms with Gasteiger partial charge in [-0.25, -0.2) is 0 Å². The molecule has 4 aliphatic rings. The number of fused-ring (bicyclic) bond motifs is 8. The third kappa shape index (κ3) is 4.83. The Hall–Kier alpha value is -5.01. The predicted molar refractivity (Wildman–Crippen MR) is 201 cm³/mol. The molecule has 2 aromatic heterocycles. The van der Waals surface area contributed by atoms with Gasteiger partial charge in [0.2, 0.25) is 0 Å². The zero-order chi connectivity index (χ0) is 31.2. The zero-order valence-corrected chi connectivity index (χ0v) is 27.1. The lowest BCUT2D eigenvalue weighted by molar-refractivity contribution is 0.768. The fourth-order valence-corrected chi connectivity index (χ4v) is 8.39. The summed E-state index contributed by atoms with van der Waals surface area (Å²) < 4.78 is 1.22. The third-order valence-corrected chi connectivity index (χ3v) is 10.8. The van der Waals surface area contributed by atoms with Crippen LogP contribution in [0.4, 0.5) is 0 Å². The average Bonchev–Trinajstić information content (AvgIpc) is 3.39. The van der Waals surface area contributed by atoms with E-state index >= 15 is 0 Å². The van der Waals surface area contributed by atoms with Crippen molar-refractivity contribution >= 4 is 66.8 Å². The molecular weight excluding hydrogens is 575 g/mol. The van der Waals surface area contributed by atoms with Gasteiger partial charge >= 0.3 is 0 Å². The lowest BCUT2D eigenvalue weighted by Crippen LogP contribution is -2.01. The Morgan fingerprint density at radius 3 is 2.85 bits per heavy atom. The molecule has 0 spiro atoms. The molecule has 8 rings (SSSR count). The van der Waals surface area contributed by atoms with Gasteiger partial charge in [0.05, 0.1) is 10.2 Å². The summed E-state index contributed by atoms with van der Waals surface area (Å²) in [7, 11) is 0. The summed E-state index contributed by atoms with van der Waals surface area (Å²) in [4.78, 5) is 6.07. The van der Waals surface area contributed by atoms with E-state index in [2.05, 4.69) is 129 Å². The van der Waals surface area contributed by atoms with Gasteiger partial charge < -0.3 is 0 Å². The van der Waals surface area contributed by atoms with Crippen LogP contribution in [0.1, 0.15) is 59.4 Å². The summed E-state index contributed by atoms with van der Waals surface area (Å²) in [6.45, 7) is 8.45. The van der Waals surface area contributed by atoms with Crippen molar-refractivity contribution in [3.05, 3.63) is 166 Å². The van der Waals surface area contributed by atoms with Crippen LogP contribution in [0.2, 0.25) is 0 Å². The number of pyridine rings is 1. The highest BCUT2D eigenvalue weighted by Crippen LogP contribution is 2.44. The molecule has 2 heteroatoms. The van der Waals surface area contributed by atoms with Crippen LogP contribution >= 0.6 is 11.3 Å². The molecule has 222 valence electrons. The minimum Gasteiger partial charge on any atom is -0.254 e. The van der Waals surface area contributed by atoms with Crippen molar-refractivity contribution in [1.82, 2.24) is 4.98 Å². The van der Waals surface area contributed by atoms with Gasteiger partial charge in [0.1, 0.15) is 0 Å². The topological polar surface area (TPSA) is 12.9 Å². The fourth-order valence-electron chi connectivity index (χ4n) is 7.25. The van der Waals surface area contributed by atoms with Crippen LogP contribution in [-0.2, 0) is 0 Å². The van der Waals surface area contributed by atoms with E-state index in [1.807, 2.05) is 25.3 Å². The molecular formula is C44H35NS. The van der Waals surface area contributed by atoms with Crippen molar-refractivity contribution in [1.29, 1.82) is 0 Å². The number of benzene rings is 2. The first-order valence-corrected chi connectivity index (χ1v) is 17.0. The second kappa shape index (κ2) is 11.7. The Morgan fingerprint density at radius 2 is 1.96 bits per heavy atom. The summed E-state index contributed by atoms with van der Waals surface area (Å²) in [6, 6.07) is 13.9. The van der Waals surface area contributed by atoms with Crippen molar-refractivity contribution < 1.29 is 0 Å². The highest BCUT2D eigenvalue weighted by atomic mass is 32.1. The molecule has 0 N–H and O–H groups in total. The van der Waals surface area contributed by atoms with E-state index in [4.69, 9.17) is 4.98 Å². The van der Waals surface area contributed by atoms with Gasteiger partial charge in [0.25, 0.3) is 0 Å². The number of rotatable bonds is 4. The number of thiophene rings is 1. The first-order chi connectivity index (χ1) is 22.6. The number of nitrogens with zero attached hydrogens (tertiary/aromatic N) is 1. The van der Waals surface area contributed by atoms with Crippen molar-refractivity contribution in [3.63, 3.8) is 0 Å². The Labute approximate surface area is 275 Å². The molecule has 0 saturated carbocycles. The Bertz CT molecular complexity index is 2280. The monoisotopic (exact) mass is 609 g/mol. The van der Waals surface area contributed by atoms with E-state index in [0.29, 0.717) is 5.92 Å². The highest BCUT2D eigenvalue weighted by molar-refractivity contribution is 7.21. The molecule has 0 amide bonds. The van der Waals surface area contributed by atoms with E-state index in [9.17, 15) is 0 Å². The molecule has 0 saturated heterocycles. The summed E-state index contributed by atoms with van der Waals surface area (Å²) in [5.74, 6) is 0.732. The van der Waals surface area contributed by atoms with Crippen molar-refractivity contribution in [2.45, 2.75) is 26.7 Å². The van der Waals surface area contributed by atoms with E-state index < -0.39 is 0 Å². The van der Waals surface area contributed by atoms with E-state index in [0.717, 1.165) is 23.9 Å². The van der Waals surface area contributed by atoms with E-state index in [1.165, 1.54) is 70.5 Å². The average molecular weight is 610 g/mol. The van der Waals surface area contributed by atoms with Gasteiger partial charge in [-0.1, -0.05) is 111 Å². The first-order valence-electron chi connectivity index (χ1n) is 16.2.